The predicted molar refractivity (Wildman–Crippen MR) is 143 cm³/mol. The van der Waals surface area contributed by atoms with E-state index >= 15 is 0 Å². The first-order chi connectivity index (χ1) is 17.7. The van der Waals surface area contributed by atoms with Crippen molar-refractivity contribution in [2.24, 2.45) is 20.5 Å². The van der Waals surface area contributed by atoms with Crippen LogP contribution < -0.4 is 10.1 Å². The number of hydrogen-bond donors (Lipinski definition) is 2. The number of phenolic OH excluding ortho intramolecular Hbond substituents is 1. The molecular weight excluding hydrogens is 450 g/mol. The molecule has 0 aromatic heterocycles. The Hall–Kier alpha value is -5.04. The first-order valence-electron chi connectivity index (χ1n) is 11.3. The summed E-state index contributed by atoms with van der Waals surface area (Å²) in [5.41, 5.74) is 4.29. The molecule has 0 radical (unpaired) electrons. The van der Waals surface area contributed by atoms with Crippen molar-refractivity contribution < 1.29 is 9.84 Å². The fraction of sp³-hybridized carbons (Fsp3) is 0.0345. The fourth-order valence-electron chi connectivity index (χ4n) is 3.67. The van der Waals surface area contributed by atoms with Crippen LogP contribution in [-0.4, -0.2) is 12.2 Å². The van der Waals surface area contributed by atoms with Crippen LogP contribution in [0, 0.1) is 0 Å². The van der Waals surface area contributed by atoms with Gasteiger partial charge >= 0.3 is 0 Å². The van der Waals surface area contributed by atoms with Crippen LogP contribution in [0.1, 0.15) is 0 Å². The number of rotatable bonds is 7. The van der Waals surface area contributed by atoms with Gasteiger partial charge in [0.25, 0.3) is 0 Å². The van der Waals surface area contributed by atoms with Gasteiger partial charge in [-0.2, -0.15) is 10.2 Å². The topological polar surface area (TPSA) is 90.9 Å². The summed E-state index contributed by atoms with van der Waals surface area (Å²) in [4.78, 5) is 0. The van der Waals surface area contributed by atoms with E-state index < -0.39 is 0 Å². The molecule has 0 unspecified atom stereocenters. The quantitative estimate of drug-likeness (QED) is 0.231. The number of nitrogens with one attached hydrogen (secondary N) is 1. The molecular formula is C29H23N5O2. The number of para-hydroxylation sites is 2. The SMILES string of the molecule is COc1ccccc1N=Nc1ccc(N=Nc2ccc3cc(Nc4ccccc4)ccc3c2O)cc1. The smallest absolute Gasteiger partial charge is 0.150 e. The van der Waals surface area contributed by atoms with E-state index in [1.54, 1.807) is 37.4 Å². The van der Waals surface area contributed by atoms with Crippen molar-refractivity contribution in [2.45, 2.75) is 0 Å². The molecule has 5 aromatic carbocycles. The predicted octanol–water partition coefficient (Wildman–Crippen LogP) is 9.13. The van der Waals surface area contributed by atoms with E-state index in [2.05, 4.69) is 25.8 Å². The van der Waals surface area contributed by atoms with E-state index in [1.807, 2.05) is 78.9 Å². The molecule has 5 rings (SSSR count). The maximum absolute atomic E-state index is 10.8. The number of fused-ring (bicyclic) bond motifs is 1. The third-order valence-corrected chi connectivity index (χ3v) is 5.51. The summed E-state index contributed by atoms with van der Waals surface area (Å²) in [6, 6.07) is 34.0. The largest absolute Gasteiger partial charge is 0.505 e. The number of nitrogens with zero attached hydrogens (tertiary/aromatic N) is 4. The van der Waals surface area contributed by atoms with E-state index in [-0.39, 0.29) is 5.75 Å². The van der Waals surface area contributed by atoms with Crippen molar-refractivity contribution in [3.8, 4) is 11.5 Å². The molecule has 0 spiro atoms. The number of anilines is 2. The van der Waals surface area contributed by atoms with Gasteiger partial charge in [0.05, 0.1) is 18.5 Å². The maximum atomic E-state index is 10.8. The molecule has 176 valence electrons. The van der Waals surface area contributed by atoms with E-state index in [9.17, 15) is 5.11 Å². The molecule has 0 atom stereocenters. The molecule has 0 aliphatic rings. The molecule has 0 aliphatic carbocycles. The Kier molecular flexibility index (Phi) is 6.62. The molecule has 7 nitrogen and oxygen atoms in total. The molecule has 0 saturated heterocycles. The van der Waals surface area contributed by atoms with E-state index in [4.69, 9.17) is 4.74 Å². The molecule has 0 amide bonds. The van der Waals surface area contributed by atoms with Gasteiger partial charge in [-0.15, -0.1) is 10.2 Å². The number of ether oxygens (including phenoxy) is 1. The van der Waals surface area contributed by atoms with Gasteiger partial charge in [0.15, 0.2) is 5.75 Å². The second-order valence-electron chi connectivity index (χ2n) is 7.95. The summed E-state index contributed by atoms with van der Waals surface area (Å²) >= 11 is 0. The lowest BCUT2D eigenvalue weighted by Gasteiger charge is -2.09. The molecule has 0 bridgehead atoms. The maximum Gasteiger partial charge on any atom is 0.150 e. The van der Waals surface area contributed by atoms with Crippen LogP contribution in [0.3, 0.4) is 0 Å². The number of azo groups is 2. The van der Waals surface area contributed by atoms with Gasteiger partial charge in [0.2, 0.25) is 0 Å². The molecule has 0 fully saturated rings. The second-order valence-corrected chi connectivity index (χ2v) is 7.95. The van der Waals surface area contributed by atoms with Crippen molar-refractivity contribution in [3.63, 3.8) is 0 Å². The second kappa shape index (κ2) is 10.5. The van der Waals surface area contributed by atoms with Crippen LogP contribution in [0.4, 0.5) is 34.1 Å². The molecule has 0 heterocycles. The lowest BCUT2D eigenvalue weighted by Crippen LogP contribution is -1.89. The summed E-state index contributed by atoms with van der Waals surface area (Å²) in [5.74, 6) is 0.746. The van der Waals surface area contributed by atoms with Crippen LogP contribution in [0.5, 0.6) is 11.5 Å². The number of hydrogen-bond acceptors (Lipinski definition) is 7. The Morgan fingerprint density at radius 1 is 0.611 bits per heavy atom. The molecule has 7 heteroatoms. The lowest BCUT2D eigenvalue weighted by molar-refractivity contribution is 0.416. The van der Waals surface area contributed by atoms with Gasteiger partial charge < -0.3 is 15.2 Å². The fourth-order valence-corrected chi connectivity index (χ4v) is 3.67. The molecule has 0 aliphatic heterocycles. The molecule has 5 aromatic rings. The zero-order valence-electron chi connectivity index (χ0n) is 19.5. The van der Waals surface area contributed by atoms with Crippen molar-refractivity contribution in [1.82, 2.24) is 0 Å². The minimum atomic E-state index is 0.0877. The van der Waals surface area contributed by atoms with Gasteiger partial charge in [-0.1, -0.05) is 36.4 Å². The zero-order chi connectivity index (χ0) is 24.7. The highest BCUT2D eigenvalue weighted by Gasteiger charge is 2.07. The summed E-state index contributed by atoms with van der Waals surface area (Å²) in [6.07, 6.45) is 0. The van der Waals surface area contributed by atoms with Gasteiger partial charge in [-0.3, -0.25) is 0 Å². The number of aromatic hydroxyl groups is 1. The van der Waals surface area contributed by atoms with Crippen molar-refractivity contribution in [2.75, 3.05) is 12.4 Å². The average molecular weight is 474 g/mol. The Morgan fingerprint density at radius 3 is 2.00 bits per heavy atom. The van der Waals surface area contributed by atoms with Crippen LogP contribution in [0.15, 0.2) is 130 Å². The van der Waals surface area contributed by atoms with Gasteiger partial charge in [-0.25, -0.2) is 0 Å². The monoisotopic (exact) mass is 473 g/mol. The molecule has 2 N–H and O–H groups in total. The minimum absolute atomic E-state index is 0.0877. The first-order valence-corrected chi connectivity index (χ1v) is 11.3. The first kappa shape index (κ1) is 22.7. The number of benzene rings is 5. The van der Waals surface area contributed by atoms with E-state index in [1.165, 1.54) is 0 Å². The summed E-state index contributed by atoms with van der Waals surface area (Å²) in [7, 11) is 1.60. The lowest BCUT2D eigenvalue weighted by atomic mass is 10.1. The van der Waals surface area contributed by atoms with Crippen LogP contribution >= 0.6 is 0 Å². The Bertz CT molecular complexity index is 1550. The van der Waals surface area contributed by atoms with Crippen LogP contribution in [0.25, 0.3) is 10.8 Å². The van der Waals surface area contributed by atoms with Gasteiger partial charge in [0, 0.05) is 16.8 Å². The summed E-state index contributed by atoms with van der Waals surface area (Å²) in [5, 5.41) is 32.7. The molecule has 36 heavy (non-hydrogen) atoms. The van der Waals surface area contributed by atoms with E-state index in [0.29, 0.717) is 33.9 Å². The van der Waals surface area contributed by atoms with Crippen molar-refractivity contribution in [1.29, 1.82) is 0 Å². The Balaban J connectivity index is 1.30. The van der Waals surface area contributed by atoms with Crippen LogP contribution in [-0.2, 0) is 0 Å². The van der Waals surface area contributed by atoms with Gasteiger partial charge in [0.1, 0.15) is 17.1 Å². The number of phenols is 1. The minimum Gasteiger partial charge on any atom is -0.505 e. The highest BCUT2D eigenvalue weighted by Crippen LogP contribution is 2.37. The number of methoxy groups -OCH3 is 1. The van der Waals surface area contributed by atoms with Crippen molar-refractivity contribution >= 4 is 44.9 Å². The molecule has 0 saturated carbocycles. The Labute approximate surface area is 208 Å². The van der Waals surface area contributed by atoms with Crippen molar-refractivity contribution in [3.05, 3.63) is 109 Å². The third kappa shape index (κ3) is 5.20. The summed E-state index contributed by atoms with van der Waals surface area (Å²) < 4.78 is 5.29. The zero-order valence-corrected chi connectivity index (χ0v) is 19.5. The normalized spacial score (nSPS) is 11.4. The average Bonchev–Trinajstić information content (AvgIpc) is 2.93. The van der Waals surface area contributed by atoms with Gasteiger partial charge in [-0.05, 0) is 78.2 Å². The van der Waals surface area contributed by atoms with Crippen LogP contribution in [0.2, 0.25) is 0 Å². The Morgan fingerprint density at radius 2 is 1.28 bits per heavy atom. The standard InChI is InChI=1S/C29H23N5O2/c1-36-28-10-6-5-9-26(28)33-31-22-12-14-23(15-13-22)32-34-27-18-11-20-19-24(16-17-25(20)29(27)35)30-21-7-3-2-4-8-21/h2-19,30,35H,1H3. The summed E-state index contributed by atoms with van der Waals surface area (Å²) in [6.45, 7) is 0. The van der Waals surface area contributed by atoms with E-state index in [0.717, 1.165) is 16.8 Å². The highest BCUT2D eigenvalue weighted by molar-refractivity contribution is 5.94. The third-order valence-electron chi connectivity index (χ3n) is 5.51. The highest BCUT2D eigenvalue weighted by atomic mass is 16.5.